The second kappa shape index (κ2) is 13.8. The molecule has 0 aromatic heterocycles. The quantitative estimate of drug-likeness (QED) is 0.303. The van der Waals surface area contributed by atoms with E-state index in [1.165, 1.54) is 0 Å². The molecule has 0 fully saturated rings. The average Bonchev–Trinajstić information content (AvgIpc) is 2.84. The molecule has 8 nitrogen and oxygen atoms in total. The predicted molar refractivity (Wildman–Crippen MR) is 145 cm³/mol. The molecule has 202 valence electrons. The summed E-state index contributed by atoms with van der Waals surface area (Å²) in [4.78, 5) is 38.5. The fraction of sp³-hybridized carbons (Fsp3) is 0.483. The van der Waals surface area contributed by atoms with Gasteiger partial charge in [-0.3, -0.25) is 9.59 Å². The average molecular weight is 512 g/mol. The third-order valence-electron chi connectivity index (χ3n) is 6.19. The number of ether oxygens (including phenoxy) is 1. The molecule has 2 rings (SSSR count). The number of hydrogen-bond acceptors (Lipinski definition) is 5. The minimum absolute atomic E-state index is 0.0359. The second-order valence-corrected chi connectivity index (χ2v) is 10.3. The number of carbonyl (C=O) groups excluding carboxylic acids is 3. The Bertz CT molecular complexity index is 1040. The van der Waals surface area contributed by atoms with E-state index in [1.807, 2.05) is 61.5 Å². The highest BCUT2D eigenvalue weighted by Crippen LogP contribution is 2.30. The van der Waals surface area contributed by atoms with E-state index in [0.29, 0.717) is 6.42 Å². The highest BCUT2D eigenvalue weighted by atomic mass is 16.6. The maximum Gasteiger partial charge on any atom is 0.407 e. The highest BCUT2D eigenvalue weighted by molar-refractivity contribution is 5.91. The maximum atomic E-state index is 13.2. The Hall–Kier alpha value is -3.39. The molecule has 0 aliphatic rings. The Morgan fingerprint density at radius 1 is 1.00 bits per heavy atom. The van der Waals surface area contributed by atoms with Crippen molar-refractivity contribution in [1.29, 1.82) is 0 Å². The number of rotatable bonds is 13. The maximum absolute atomic E-state index is 13.2. The number of carbonyl (C=O) groups is 3. The molecule has 0 saturated carbocycles. The first-order valence-electron chi connectivity index (χ1n) is 12.8. The molecule has 37 heavy (non-hydrogen) atoms. The smallest absolute Gasteiger partial charge is 0.407 e. The Morgan fingerprint density at radius 3 is 2.24 bits per heavy atom. The summed E-state index contributed by atoms with van der Waals surface area (Å²) in [6.45, 7) is 6.62. The summed E-state index contributed by atoms with van der Waals surface area (Å²) in [5.41, 5.74) is 6.21. The molecule has 2 aromatic carbocycles. The first kappa shape index (κ1) is 29.8. The topological polar surface area (TPSA) is 131 Å². The van der Waals surface area contributed by atoms with Gasteiger partial charge in [0.2, 0.25) is 11.8 Å². The fourth-order valence-electron chi connectivity index (χ4n) is 4.28. The van der Waals surface area contributed by atoms with Crippen molar-refractivity contribution in [3.8, 4) is 11.1 Å². The van der Waals surface area contributed by atoms with E-state index < -0.39 is 35.7 Å². The molecule has 0 bridgehead atoms. The van der Waals surface area contributed by atoms with Crippen LogP contribution >= 0.6 is 0 Å². The van der Waals surface area contributed by atoms with Crippen LogP contribution in [0.15, 0.2) is 54.6 Å². The van der Waals surface area contributed by atoms with Gasteiger partial charge in [0.1, 0.15) is 11.1 Å². The van der Waals surface area contributed by atoms with Crippen LogP contribution in [0.3, 0.4) is 0 Å². The van der Waals surface area contributed by atoms with Gasteiger partial charge in [0, 0.05) is 25.3 Å². The number of nitrogens with one attached hydrogen (secondary N) is 2. The number of benzene rings is 2. The van der Waals surface area contributed by atoms with E-state index in [9.17, 15) is 19.5 Å². The number of alkyl carbamates (subject to hydrolysis) is 1. The van der Waals surface area contributed by atoms with Crippen molar-refractivity contribution >= 4 is 17.9 Å². The zero-order valence-electron chi connectivity index (χ0n) is 22.4. The molecule has 0 saturated heterocycles. The number of aliphatic hydroxyl groups is 1. The SMILES string of the molecule is CCCCCC(=O)N[C@@](Cc1ccccc1-c1ccccc1)(C(N)=O)C(CO)CNC(=O)OC(C)(C)C. The lowest BCUT2D eigenvalue weighted by molar-refractivity contribution is -0.134. The van der Waals surface area contributed by atoms with Gasteiger partial charge in [0.05, 0.1) is 6.61 Å². The summed E-state index contributed by atoms with van der Waals surface area (Å²) in [5, 5.41) is 15.9. The van der Waals surface area contributed by atoms with Gasteiger partial charge >= 0.3 is 6.09 Å². The van der Waals surface area contributed by atoms with Gasteiger partial charge in [-0.2, -0.15) is 0 Å². The first-order chi connectivity index (χ1) is 17.5. The van der Waals surface area contributed by atoms with Crippen LogP contribution in [0.1, 0.15) is 58.9 Å². The number of unbranched alkanes of at least 4 members (excludes halogenated alkanes) is 2. The van der Waals surface area contributed by atoms with E-state index in [1.54, 1.807) is 20.8 Å². The van der Waals surface area contributed by atoms with Crippen molar-refractivity contribution in [2.24, 2.45) is 11.7 Å². The summed E-state index contributed by atoms with van der Waals surface area (Å²) >= 11 is 0. The van der Waals surface area contributed by atoms with Crippen molar-refractivity contribution in [3.05, 3.63) is 60.2 Å². The Balaban J connectivity index is 2.47. The summed E-state index contributed by atoms with van der Waals surface area (Å²) < 4.78 is 5.31. The van der Waals surface area contributed by atoms with Gasteiger partial charge < -0.3 is 26.2 Å². The number of hydrogen-bond donors (Lipinski definition) is 4. The Labute approximate surface area is 220 Å². The molecule has 0 radical (unpaired) electrons. The number of primary amides is 1. The van der Waals surface area contributed by atoms with Gasteiger partial charge in [-0.05, 0) is 43.9 Å². The number of aliphatic hydroxyl groups excluding tert-OH is 1. The minimum atomic E-state index is -1.65. The highest BCUT2D eigenvalue weighted by Gasteiger charge is 2.46. The summed E-state index contributed by atoms with van der Waals surface area (Å²) in [5.74, 6) is -2.03. The standard InChI is InChI=1S/C29H41N3O5/c1-5-6-8-17-25(34)32-29(26(30)35,23(20-33)19-31-27(36)37-28(2,3)4)18-22-15-11-12-16-24(22)21-13-9-7-10-14-21/h7,9-16,23,33H,5-6,8,17-20H2,1-4H3,(H2,30,35)(H,31,36)(H,32,34)/t23?,29-/m1/s1. The van der Waals surface area contributed by atoms with Crippen LogP contribution in [0.4, 0.5) is 4.79 Å². The Morgan fingerprint density at radius 2 is 1.65 bits per heavy atom. The van der Waals surface area contributed by atoms with Crippen molar-refractivity contribution in [3.63, 3.8) is 0 Å². The molecular formula is C29H41N3O5. The second-order valence-electron chi connectivity index (χ2n) is 10.3. The van der Waals surface area contributed by atoms with Gasteiger partial charge in [-0.1, -0.05) is 74.4 Å². The van der Waals surface area contributed by atoms with Crippen molar-refractivity contribution in [2.45, 2.75) is 70.9 Å². The molecule has 5 N–H and O–H groups in total. The number of amides is 3. The third kappa shape index (κ3) is 8.89. The summed E-state index contributed by atoms with van der Waals surface area (Å²) in [6.07, 6.45) is 2.05. The molecule has 1 unspecified atom stereocenters. The van der Waals surface area contributed by atoms with E-state index in [2.05, 4.69) is 10.6 Å². The van der Waals surface area contributed by atoms with Crippen molar-refractivity contribution in [1.82, 2.24) is 10.6 Å². The van der Waals surface area contributed by atoms with Crippen LogP contribution in [0, 0.1) is 5.92 Å². The number of nitrogens with two attached hydrogens (primary N) is 1. The van der Waals surface area contributed by atoms with Crippen molar-refractivity contribution < 1.29 is 24.2 Å². The Kier molecular flexibility index (Phi) is 11.1. The lowest BCUT2D eigenvalue weighted by atomic mass is 9.76. The normalized spacial score (nSPS) is 13.8. The largest absolute Gasteiger partial charge is 0.444 e. The molecule has 2 atom stereocenters. The molecule has 2 aromatic rings. The zero-order chi connectivity index (χ0) is 27.5. The van der Waals surface area contributed by atoms with Gasteiger partial charge in [0.25, 0.3) is 0 Å². The van der Waals surface area contributed by atoms with E-state index in [4.69, 9.17) is 10.5 Å². The van der Waals surface area contributed by atoms with Crippen LogP contribution in [0.25, 0.3) is 11.1 Å². The third-order valence-corrected chi connectivity index (χ3v) is 6.19. The van der Waals surface area contributed by atoms with Crippen LogP contribution in [0.2, 0.25) is 0 Å². The van der Waals surface area contributed by atoms with E-state index in [-0.39, 0.29) is 25.3 Å². The fourth-order valence-corrected chi connectivity index (χ4v) is 4.28. The molecule has 0 aliphatic heterocycles. The van der Waals surface area contributed by atoms with Gasteiger partial charge in [-0.15, -0.1) is 0 Å². The van der Waals surface area contributed by atoms with Crippen LogP contribution < -0.4 is 16.4 Å². The summed E-state index contributed by atoms with van der Waals surface area (Å²) in [6, 6.07) is 17.2. The molecular weight excluding hydrogens is 470 g/mol. The minimum Gasteiger partial charge on any atom is -0.444 e. The lowest BCUT2D eigenvalue weighted by Crippen LogP contribution is -2.66. The molecule has 0 spiro atoms. The van der Waals surface area contributed by atoms with Crippen LogP contribution in [-0.4, -0.2) is 47.3 Å². The zero-order valence-corrected chi connectivity index (χ0v) is 22.4. The van der Waals surface area contributed by atoms with Gasteiger partial charge in [-0.25, -0.2) is 4.79 Å². The molecule has 0 heterocycles. The predicted octanol–water partition coefficient (Wildman–Crippen LogP) is 3.95. The molecule has 8 heteroatoms. The van der Waals surface area contributed by atoms with Crippen LogP contribution in [-0.2, 0) is 20.7 Å². The molecule has 0 aliphatic carbocycles. The monoisotopic (exact) mass is 511 g/mol. The lowest BCUT2D eigenvalue weighted by Gasteiger charge is -2.39. The van der Waals surface area contributed by atoms with E-state index in [0.717, 1.165) is 29.5 Å². The molecule has 3 amide bonds. The summed E-state index contributed by atoms with van der Waals surface area (Å²) in [7, 11) is 0. The first-order valence-corrected chi connectivity index (χ1v) is 12.8. The van der Waals surface area contributed by atoms with Crippen LogP contribution in [0.5, 0.6) is 0 Å². The van der Waals surface area contributed by atoms with Crippen molar-refractivity contribution in [2.75, 3.05) is 13.2 Å². The van der Waals surface area contributed by atoms with Gasteiger partial charge in [0.15, 0.2) is 0 Å². The van der Waals surface area contributed by atoms with E-state index >= 15 is 0 Å².